The third kappa shape index (κ3) is 5.08. The molecule has 0 saturated carbocycles. The van der Waals surface area contributed by atoms with Gasteiger partial charge in [-0.2, -0.15) is 13.2 Å². The van der Waals surface area contributed by atoms with Gasteiger partial charge in [-0.05, 0) is 29.8 Å². The molecule has 9 nitrogen and oxygen atoms in total. The summed E-state index contributed by atoms with van der Waals surface area (Å²) in [5, 5.41) is 14.4. The van der Waals surface area contributed by atoms with Crippen LogP contribution < -0.4 is 15.4 Å². The van der Waals surface area contributed by atoms with E-state index in [0.29, 0.717) is 5.75 Å². The molecule has 0 bridgehead atoms. The summed E-state index contributed by atoms with van der Waals surface area (Å²) in [5.74, 6) is -3.06. The lowest BCUT2D eigenvalue weighted by Gasteiger charge is -2.45. The van der Waals surface area contributed by atoms with Gasteiger partial charge < -0.3 is 20.5 Å². The lowest BCUT2D eigenvalue weighted by Crippen LogP contribution is -2.72. The zero-order chi connectivity index (χ0) is 26.9. The predicted octanol–water partition coefficient (Wildman–Crippen LogP) is 2.61. The fourth-order valence-corrected chi connectivity index (χ4v) is 4.63. The number of ether oxygens (including phenoxy) is 1. The first-order valence-corrected chi connectivity index (χ1v) is 11.9. The van der Waals surface area contributed by atoms with Crippen molar-refractivity contribution in [3.63, 3.8) is 0 Å². The lowest BCUT2D eigenvalue weighted by atomic mass is 9.77. The standard InChI is InChI=1S/C23H24F3N3O6S/c1-4-13-35-16-9-5-14(6-10-16)19-18(22(32,23(24,25)26)28-21(31)27-19)20(30)15-7-11-17(12-8-15)36(33,34)29(2)3/h4-12,18-19,32H,1,13H2,2-3H3,(H2,27,28,31)/t18-,19-,22-/m0/s1. The maximum absolute atomic E-state index is 14.1. The Morgan fingerprint density at radius 1 is 1.17 bits per heavy atom. The fraction of sp³-hybridized carbons (Fsp3) is 0.304. The average Bonchev–Trinajstić information content (AvgIpc) is 2.81. The number of hydrogen-bond donors (Lipinski definition) is 3. The Balaban J connectivity index is 2.07. The Labute approximate surface area is 205 Å². The normalized spacial score (nSPS) is 22.5. The molecule has 1 aliphatic heterocycles. The van der Waals surface area contributed by atoms with Crippen molar-refractivity contribution in [1.82, 2.24) is 14.9 Å². The number of amides is 2. The molecule has 2 amide bonds. The molecule has 1 aliphatic rings. The predicted molar refractivity (Wildman–Crippen MR) is 123 cm³/mol. The van der Waals surface area contributed by atoms with Crippen LogP contribution in [0.3, 0.4) is 0 Å². The van der Waals surface area contributed by atoms with Crippen LogP contribution in [0.5, 0.6) is 5.75 Å². The van der Waals surface area contributed by atoms with Gasteiger partial charge in [0.2, 0.25) is 15.7 Å². The largest absolute Gasteiger partial charge is 0.490 e. The molecular formula is C23H24F3N3O6S. The van der Waals surface area contributed by atoms with Crippen molar-refractivity contribution in [3.05, 3.63) is 72.3 Å². The van der Waals surface area contributed by atoms with E-state index in [2.05, 4.69) is 11.9 Å². The van der Waals surface area contributed by atoms with E-state index in [1.165, 1.54) is 49.8 Å². The number of rotatable bonds is 8. The molecule has 1 fully saturated rings. The quantitative estimate of drug-likeness (QED) is 0.358. The molecule has 3 atom stereocenters. The Kier molecular flexibility index (Phi) is 7.48. The highest BCUT2D eigenvalue weighted by molar-refractivity contribution is 7.89. The molecule has 2 aromatic rings. The van der Waals surface area contributed by atoms with E-state index in [1.807, 2.05) is 0 Å². The number of sulfonamides is 1. The number of Topliss-reactive ketones (excluding diaryl/α,β-unsaturated/α-hetero) is 1. The van der Waals surface area contributed by atoms with Crippen molar-refractivity contribution < 1.29 is 41.0 Å². The summed E-state index contributed by atoms with van der Waals surface area (Å²) in [4.78, 5) is 25.4. The maximum atomic E-state index is 14.1. The molecule has 13 heteroatoms. The van der Waals surface area contributed by atoms with Crippen LogP contribution in [0.25, 0.3) is 0 Å². The topological polar surface area (TPSA) is 125 Å². The molecule has 2 aromatic carbocycles. The Morgan fingerprint density at radius 2 is 1.75 bits per heavy atom. The summed E-state index contributed by atoms with van der Waals surface area (Å²) in [7, 11) is -1.26. The number of benzene rings is 2. The first-order valence-electron chi connectivity index (χ1n) is 10.5. The molecule has 3 N–H and O–H groups in total. The van der Waals surface area contributed by atoms with E-state index in [-0.39, 0.29) is 22.6 Å². The number of alkyl halides is 3. The van der Waals surface area contributed by atoms with Crippen LogP contribution in [0.4, 0.5) is 18.0 Å². The van der Waals surface area contributed by atoms with Crippen LogP contribution in [0.15, 0.2) is 66.1 Å². The van der Waals surface area contributed by atoms with Crippen LogP contribution in [-0.4, -0.2) is 62.2 Å². The Hall–Kier alpha value is -3.42. The molecule has 36 heavy (non-hydrogen) atoms. The average molecular weight is 528 g/mol. The zero-order valence-electron chi connectivity index (χ0n) is 19.2. The summed E-state index contributed by atoms with van der Waals surface area (Å²) in [6.45, 7) is 3.69. The van der Waals surface area contributed by atoms with Gasteiger partial charge in [-0.3, -0.25) is 4.79 Å². The van der Waals surface area contributed by atoms with E-state index in [0.717, 1.165) is 28.6 Å². The summed E-state index contributed by atoms with van der Waals surface area (Å²) in [6.07, 6.45) is -3.93. The van der Waals surface area contributed by atoms with E-state index in [9.17, 15) is 36.3 Å². The van der Waals surface area contributed by atoms with E-state index >= 15 is 0 Å². The number of carbonyl (C=O) groups is 2. The van der Waals surface area contributed by atoms with Gasteiger partial charge in [0.05, 0.1) is 10.9 Å². The fourth-order valence-electron chi connectivity index (χ4n) is 3.72. The van der Waals surface area contributed by atoms with Gasteiger partial charge in [-0.15, -0.1) is 0 Å². The van der Waals surface area contributed by atoms with Crippen molar-refractivity contribution in [2.24, 2.45) is 5.92 Å². The van der Waals surface area contributed by atoms with Crippen LogP contribution in [-0.2, 0) is 10.0 Å². The minimum Gasteiger partial charge on any atom is -0.490 e. The number of halogens is 3. The van der Waals surface area contributed by atoms with Crippen molar-refractivity contribution in [2.75, 3.05) is 20.7 Å². The number of ketones is 1. The highest BCUT2D eigenvalue weighted by Gasteiger charge is 2.66. The summed E-state index contributed by atoms with van der Waals surface area (Å²) in [6, 6.07) is 6.92. The third-order valence-corrected chi connectivity index (χ3v) is 7.44. The second-order valence-electron chi connectivity index (χ2n) is 8.16. The second kappa shape index (κ2) is 9.91. The van der Waals surface area contributed by atoms with Crippen molar-refractivity contribution in [1.29, 1.82) is 0 Å². The summed E-state index contributed by atoms with van der Waals surface area (Å²) in [5.41, 5.74) is -4.11. The summed E-state index contributed by atoms with van der Waals surface area (Å²) >= 11 is 0. The van der Waals surface area contributed by atoms with E-state index in [4.69, 9.17) is 4.74 Å². The van der Waals surface area contributed by atoms with Gasteiger partial charge in [0, 0.05) is 19.7 Å². The maximum Gasteiger partial charge on any atom is 0.437 e. The van der Waals surface area contributed by atoms with Crippen LogP contribution >= 0.6 is 0 Å². The molecule has 0 spiro atoms. The molecule has 0 unspecified atom stereocenters. The van der Waals surface area contributed by atoms with Gasteiger partial charge in [-0.25, -0.2) is 17.5 Å². The first kappa shape index (κ1) is 27.2. The number of aliphatic hydroxyl groups is 1. The van der Waals surface area contributed by atoms with Crippen molar-refractivity contribution in [2.45, 2.75) is 22.8 Å². The van der Waals surface area contributed by atoms with Gasteiger partial charge >= 0.3 is 12.2 Å². The molecule has 0 aliphatic carbocycles. The Bertz CT molecular complexity index is 1250. The molecule has 3 rings (SSSR count). The second-order valence-corrected chi connectivity index (χ2v) is 10.3. The van der Waals surface area contributed by atoms with Crippen molar-refractivity contribution in [3.8, 4) is 5.75 Å². The van der Waals surface area contributed by atoms with Crippen LogP contribution in [0, 0.1) is 5.92 Å². The lowest BCUT2D eigenvalue weighted by molar-refractivity contribution is -0.287. The SMILES string of the molecule is C=CCOc1ccc([C@@H]2NC(=O)N[C@@](O)(C(F)(F)F)[C@@H]2C(=O)c2ccc(S(=O)(=O)N(C)C)cc2)cc1. The van der Waals surface area contributed by atoms with E-state index < -0.39 is 45.7 Å². The van der Waals surface area contributed by atoms with Gasteiger partial charge in [0.1, 0.15) is 18.3 Å². The molecule has 194 valence electrons. The number of urea groups is 1. The first-order chi connectivity index (χ1) is 16.7. The molecule has 1 saturated heterocycles. The van der Waals surface area contributed by atoms with Gasteiger partial charge in [-0.1, -0.05) is 36.9 Å². The number of carbonyl (C=O) groups excluding carboxylic acids is 2. The van der Waals surface area contributed by atoms with E-state index in [1.54, 1.807) is 0 Å². The van der Waals surface area contributed by atoms with Gasteiger partial charge in [0.15, 0.2) is 5.78 Å². The number of nitrogens with one attached hydrogen (secondary N) is 2. The Morgan fingerprint density at radius 3 is 2.25 bits per heavy atom. The number of hydrogen-bond acceptors (Lipinski definition) is 6. The number of nitrogens with zero attached hydrogens (tertiary/aromatic N) is 1. The molecular weight excluding hydrogens is 503 g/mol. The summed E-state index contributed by atoms with van der Waals surface area (Å²) < 4.78 is 73.1. The third-order valence-electron chi connectivity index (χ3n) is 5.61. The zero-order valence-corrected chi connectivity index (χ0v) is 20.1. The van der Waals surface area contributed by atoms with Gasteiger partial charge in [0.25, 0.3) is 0 Å². The van der Waals surface area contributed by atoms with Crippen LogP contribution in [0.1, 0.15) is 22.0 Å². The molecule has 0 radical (unpaired) electrons. The smallest absolute Gasteiger partial charge is 0.437 e. The van der Waals surface area contributed by atoms with Crippen molar-refractivity contribution >= 4 is 21.8 Å². The molecule has 0 aromatic heterocycles. The highest BCUT2D eigenvalue weighted by atomic mass is 32.2. The molecule has 1 heterocycles. The van der Waals surface area contributed by atoms with Crippen LogP contribution in [0.2, 0.25) is 0 Å². The highest BCUT2D eigenvalue weighted by Crippen LogP contribution is 2.44. The minimum absolute atomic E-state index is 0.101. The minimum atomic E-state index is -5.43. The monoisotopic (exact) mass is 527 g/mol.